The lowest BCUT2D eigenvalue weighted by atomic mass is 10.3. The second kappa shape index (κ2) is 9.05. The van der Waals surface area contributed by atoms with Crippen molar-refractivity contribution in [3.05, 3.63) is 103 Å². The van der Waals surface area contributed by atoms with E-state index in [9.17, 15) is 5.26 Å². The van der Waals surface area contributed by atoms with E-state index < -0.39 is 7.26 Å². The minimum Gasteiger partial charge on any atom is -0.378 e. The Kier molecular flexibility index (Phi) is 6.06. The lowest BCUT2D eigenvalue weighted by Gasteiger charge is -2.30. The van der Waals surface area contributed by atoms with E-state index in [0.717, 1.165) is 18.4 Å². The third-order valence-corrected chi connectivity index (χ3v) is 9.41. The highest BCUT2D eigenvalue weighted by Gasteiger charge is 2.50. The average molecular weight is 399 g/mol. The van der Waals surface area contributed by atoms with E-state index in [2.05, 4.69) is 90.0 Å². The molecule has 0 unspecified atom stereocenters. The SMILES string of the molecule is N#CC(=CN1CCOCC1)[P+](c1ccccc1)(c1ccccc1)c1ccccc1. The third-order valence-electron chi connectivity index (χ3n) is 5.26. The third kappa shape index (κ3) is 3.83. The number of hydrogen-bond acceptors (Lipinski definition) is 3. The fourth-order valence-corrected chi connectivity index (χ4v) is 7.96. The van der Waals surface area contributed by atoms with Crippen LogP contribution in [0.25, 0.3) is 0 Å². The van der Waals surface area contributed by atoms with Crippen molar-refractivity contribution in [1.82, 2.24) is 4.90 Å². The Morgan fingerprint density at radius 1 is 0.759 bits per heavy atom. The number of ether oxygens (including phenoxy) is 1. The zero-order valence-corrected chi connectivity index (χ0v) is 17.2. The molecule has 144 valence electrons. The zero-order valence-electron chi connectivity index (χ0n) is 16.3. The van der Waals surface area contributed by atoms with Crippen LogP contribution in [0.2, 0.25) is 0 Å². The molecule has 0 saturated carbocycles. The number of rotatable bonds is 5. The Labute approximate surface area is 173 Å². The van der Waals surface area contributed by atoms with Crippen molar-refractivity contribution in [2.75, 3.05) is 26.3 Å². The number of allylic oxidation sites excluding steroid dienone is 1. The quantitative estimate of drug-likeness (QED) is 0.485. The highest BCUT2D eigenvalue weighted by molar-refractivity contribution is 7.99. The van der Waals surface area contributed by atoms with Gasteiger partial charge in [0.25, 0.3) is 0 Å². The minimum atomic E-state index is -2.31. The average Bonchev–Trinajstić information content (AvgIpc) is 2.82. The first-order chi connectivity index (χ1) is 14.4. The Morgan fingerprint density at radius 2 is 1.17 bits per heavy atom. The maximum Gasteiger partial charge on any atom is 0.201 e. The van der Waals surface area contributed by atoms with Crippen LogP contribution in [0.5, 0.6) is 0 Å². The van der Waals surface area contributed by atoms with Crippen LogP contribution >= 0.6 is 7.26 Å². The van der Waals surface area contributed by atoms with Crippen LogP contribution in [0.1, 0.15) is 0 Å². The van der Waals surface area contributed by atoms with Gasteiger partial charge in [0.15, 0.2) is 7.26 Å². The molecule has 1 aliphatic heterocycles. The van der Waals surface area contributed by atoms with E-state index in [-0.39, 0.29) is 0 Å². The van der Waals surface area contributed by atoms with E-state index in [4.69, 9.17) is 4.74 Å². The monoisotopic (exact) mass is 399 g/mol. The Hall–Kier alpha value is -2.92. The number of nitriles is 1. The van der Waals surface area contributed by atoms with Gasteiger partial charge in [-0.05, 0) is 36.4 Å². The lowest BCUT2D eigenvalue weighted by Crippen LogP contribution is -2.35. The first kappa shape index (κ1) is 19.4. The zero-order chi connectivity index (χ0) is 19.9. The lowest BCUT2D eigenvalue weighted by molar-refractivity contribution is 0.0593. The first-order valence-corrected chi connectivity index (χ1v) is 11.6. The predicted molar refractivity (Wildman–Crippen MR) is 121 cm³/mol. The molecule has 1 aliphatic rings. The normalized spacial score (nSPS) is 15.0. The van der Waals surface area contributed by atoms with Crippen LogP contribution in [-0.2, 0) is 4.74 Å². The van der Waals surface area contributed by atoms with Gasteiger partial charge in [0.1, 0.15) is 22.0 Å². The number of nitrogens with zero attached hydrogens (tertiary/aromatic N) is 2. The van der Waals surface area contributed by atoms with Gasteiger partial charge in [-0.15, -0.1) is 0 Å². The van der Waals surface area contributed by atoms with Crippen molar-refractivity contribution in [2.45, 2.75) is 0 Å². The summed E-state index contributed by atoms with van der Waals surface area (Å²) in [6, 6.07) is 34.1. The summed E-state index contributed by atoms with van der Waals surface area (Å²) in [6.07, 6.45) is 2.09. The van der Waals surface area contributed by atoms with Crippen LogP contribution in [0.4, 0.5) is 0 Å². The van der Waals surface area contributed by atoms with Crippen LogP contribution < -0.4 is 15.9 Å². The number of benzene rings is 3. The smallest absolute Gasteiger partial charge is 0.201 e. The summed E-state index contributed by atoms with van der Waals surface area (Å²) < 4.78 is 5.51. The van der Waals surface area contributed by atoms with Crippen LogP contribution in [0.15, 0.2) is 103 Å². The maximum absolute atomic E-state index is 10.4. The van der Waals surface area contributed by atoms with Gasteiger partial charge >= 0.3 is 0 Å². The number of morpholine rings is 1. The number of hydrogen-bond donors (Lipinski definition) is 0. The first-order valence-electron chi connectivity index (χ1n) is 9.86. The second-order valence-corrected chi connectivity index (χ2v) is 10.3. The molecule has 1 saturated heterocycles. The van der Waals surface area contributed by atoms with Gasteiger partial charge in [-0.2, -0.15) is 5.26 Å². The summed E-state index contributed by atoms with van der Waals surface area (Å²) >= 11 is 0. The molecule has 4 heteroatoms. The van der Waals surface area contributed by atoms with Gasteiger partial charge in [-0.25, -0.2) is 0 Å². The van der Waals surface area contributed by atoms with Crippen molar-refractivity contribution in [2.24, 2.45) is 0 Å². The summed E-state index contributed by atoms with van der Waals surface area (Å²) in [5, 5.41) is 14.8. The van der Waals surface area contributed by atoms with Gasteiger partial charge < -0.3 is 9.64 Å². The molecule has 0 atom stereocenters. The second-order valence-electron chi connectivity index (χ2n) is 6.95. The molecule has 0 amide bonds. The molecular weight excluding hydrogens is 375 g/mol. The molecule has 0 spiro atoms. The molecule has 0 bridgehead atoms. The molecule has 0 aromatic heterocycles. The van der Waals surface area contributed by atoms with E-state index >= 15 is 0 Å². The minimum absolute atomic E-state index is 0.697. The molecule has 3 aromatic carbocycles. The predicted octanol–water partition coefficient (Wildman–Crippen LogP) is 3.68. The highest BCUT2D eigenvalue weighted by Crippen LogP contribution is 2.62. The van der Waals surface area contributed by atoms with Crippen molar-refractivity contribution in [3.8, 4) is 6.07 Å². The van der Waals surface area contributed by atoms with Crippen molar-refractivity contribution >= 4 is 23.2 Å². The van der Waals surface area contributed by atoms with Crippen LogP contribution in [0.3, 0.4) is 0 Å². The molecular formula is C25H24N2OP+. The fourth-order valence-electron chi connectivity index (χ4n) is 3.89. The summed E-state index contributed by atoms with van der Waals surface area (Å²) in [4.78, 5) is 2.23. The van der Waals surface area contributed by atoms with Gasteiger partial charge in [-0.1, -0.05) is 54.6 Å². The van der Waals surface area contributed by atoms with Crippen LogP contribution in [0, 0.1) is 11.3 Å². The van der Waals surface area contributed by atoms with Gasteiger partial charge in [-0.3, -0.25) is 0 Å². The van der Waals surface area contributed by atoms with Crippen molar-refractivity contribution in [1.29, 1.82) is 5.26 Å². The van der Waals surface area contributed by atoms with Crippen molar-refractivity contribution in [3.63, 3.8) is 0 Å². The molecule has 0 aliphatic carbocycles. The fraction of sp³-hybridized carbons (Fsp3) is 0.160. The van der Waals surface area contributed by atoms with E-state index in [1.807, 2.05) is 18.2 Å². The van der Waals surface area contributed by atoms with Crippen LogP contribution in [-0.4, -0.2) is 31.2 Å². The Balaban J connectivity index is 2.02. The summed E-state index contributed by atoms with van der Waals surface area (Å²) in [7, 11) is -2.31. The largest absolute Gasteiger partial charge is 0.378 e. The van der Waals surface area contributed by atoms with Gasteiger partial charge in [0.2, 0.25) is 5.31 Å². The molecule has 0 radical (unpaired) electrons. The summed E-state index contributed by atoms with van der Waals surface area (Å²) in [5.74, 6) is 0. The molecule has 3 aromatic rings. The summed E-state index contributed by atoms with van der Waals surface area (Å²) in [6.45, 7) is 3.01. The van der Waals surface area contributed by atoms with E-state index in [1.54, 1.807) is 0 Å². The molecule has 3 nitrogen and oxygen atoms in total. The van der Waals surface area contributed by atoms with Gasteiger partial charge in [0, 0.05) is 13.1 Å². The highest BCUT2D eigenvalue weighted by atomic mass is 31.2. The van der Waals surface area contributed by atoms with E-state index in [0.29, 0.717) is 13.2 Å². The molecule has 1 fully saturated rings. The van der Waals surface area contributed by atoms with E-state index in [1.165, 1.54) is 15.9 Å². The molecule has 4 rings (SSSR count). The standard InChI is InChI=1S/C25H24N2OP/c26-20-25(21-27-16-18-28-19-17-27)29(22-10-4-1-5-11-22,23-12-6-2-7-13-23)24-14-8-3-9-15-24/h1-15,21H,16-19H2/q+1. The van der Waals surface area contributed by atoms with Gasteiger partial charge in [0.05, 0.1) is 19.4 Å². The molecule has 0 N–H and O–H groups in total. The molecule has 29 heavy (non-hydrogen) atoms. The maximum atomic E-state index is 10.4. The summed E-state index contributed by atoms with van der Waals surface area (Å²) in [5.41, 5.74) is 0. The van der Waals surface area contributed by atoms with Crippen molar-refractivity contribution < 1.29 is 4.74 Å². The molecule has 1 heterocycles. The Bertz CT molecular complexity index is 895. The Morgan fingerprint density at radius 3 is 1.55 bits per heavy atom. The topological polar surface area (TPSA) is 36.3 Å².